The number of hydrogen-bond donors (Lipinski definition) is 2. The molecular formula is C19H19FN2O3. The zero-order valence-electron chi connectivity index (χ0n) is 13.7. The second-order valence-electron chi connectivity index (χ2n) is 5.97. The highest BCUT2D eigenvalue weighted by atomic mass is 19.1. The quantitative estimate of drug-likeness (QED) is 0.876. The van der Waals surface area contributed by atoms with Gasteiger partial charge in [0.25, 0.3) is 5.91 Å². The van der Waals surface area contributed by atoms with Crippen LogP contribution < -0.4 is 10.2 Å². The number of hydrogen-bond acceptors (Lipinski definition) is 3. The normalized spacial score (nSPS) is 14.0. The molecule has 2 amide bonds. The van der Waals surface area contributed by atoms with Gasteiger partial charge in [0.1, 0.15) is 5.82 Å². The van der Waals surface area contributed by atoms with Gasteiger partial charge in [0.05, 0.1) is 6.61 Å². The Morgan fingerprint density at radius 3 is 2.80 bits per heavy atom. The lowest BCUT2D eigenvalue weighted by molar-refractivity contribution is -0.117. The molecule has 0 aliphatic carbocycles. The molecule has 0 unspecified atom stereocenters. The first-order chi connectivity index (χ1) is 12.1. The van der Waals surface area contributed by atoms with Crippen LogP contribution in [-0.2, 0) is 17.9 Å². The maximum absolute atomic E-state index is 13.4. The molecular weight excluding hydrogens is 323 g/mol. The van der Waals surface area contributed by atoms with E-state index in [0.29, 0.717) is 24.1 Å². The van der Waals surface area contributed by atoms with Gasteiger partial charge in [-0.05, 0) is 42.3 Å². The number of aliphatic hydroxyl groups excluding tert-OH is 1. The van der Waals surface area contributed by atoms with Crippen LogP contribution in [0.2, 0.25) is 0 Å². The fourth-order valence-corrected chi connectivity index (χ4v) is 2.88. The Morgan fingerprint density at radius 1 is 1.24 bits per heavy atom. The van der Waals surface area contributed by atoms with Gasteiger partial charge >= 0.3 is 0 Å². The number of carbonyl (C=O) groups excluding carboxylic acids is 2. The van der Waals surface area contributed by atoms with E-state index in [9.17, 15) is 14.0 Å². The predicted octanol–water partition coefficient (Wildman–Crippen LogP) is 2.37. The van der Waals surface area contributed by atoms with Gasteiger partial charge in [0.2, 0.25) is 5.91 Å². The van der Waals surface area contributed by atoms with Gasteiger partial charge in [0, 0.05) is 36.3 Å². The first-order valence-corrected chi connectivity index (χ1v) is 8.15. The van der Waals surface area contributed by atoms with E-state index in [1.807, 2.05) is 6.07 Å². The summed E-state index contributed by atoms with van der Waals surface area (Å²) in [5.41, 5.74) is 2.08. The molecule has 130 valence electrons. The van der Waals surface area contributed by atoms with Crippen molar-refractivity contribution in [3.63, 3.8) is 0 Å². The molecule has 0 aromatic heterocycles. The third-order valence-electron chi connectivity index (χ3n) is 4.23. The minimum atomic E-state index is -0.472. The van der Waals surface area contributed by atoms with Crippen molar-refractivity contribution in [3.8, 4) is 0 Å². The molecule has 25 heavy (non-hydrogen) atoms. The molecule has 1 heterocycles. The highest BCUT2D eigenvalue weighted by molar-refractivity contribution is 5.99. The van der Waals surface area contributed by atoms with E-state index in [-0.39, 0.29) is 30.5 Å². The smallest absolute Gasteiger partial charge is 0.251 e. The number of amides is 2. The maximum atomic E-state index is 13.4. The summed E-state index contributed by atoms with van der Waals surface area (Å²) in [7, 11) is 0. The Bertz CT molecular complexity index is 807. The second-order valence-corrected chi connectivity index (χ2v) is 5.97. The molecule has 3 rings (SSSR count). The summed E-state index contributed by atoms with van der Waals surface area (Å²) in [5.74, 6) is -0.677. The van der Waals surface area contributed by atoms with Crippen molar-refractivity contribution in [1.82, 2.24) is 5.32 Å². The molecule has 6 heteroatoms. The van der Waals surface area contributed by atoms with Crippen LogP contribution in [0, 0.1) is 5.82 Å². The fraction of sp³-hybridized carbons (Fsp3) is 0.263. The van der Waals surface area contributed by atoms with Gasteiger partial charge in [-0.15, -0.1) is 0 Å². The Hall–Kier alpha value is -2.73. The topological polar surface area (TPSA) is 69.6 Å². The second kappa shape index (κ2) is 7.44. The third kappa shape index (κ3) is 3.85. The van der Waals surface area contributed by atoms with Gasteiger partial charge in [-0.3, -0.25) is 9.59 Å². The average Bonchev–Trinajstić information content (AvgIpc) is 3.07. The molecule has 2 aromatic rings. The van der Waals surface area contributed by atoms with Crippen LogP contribution in [0.25, 0.3) is 0 Å². The lowest BCUT2D eigenvalue weighted by Gasteiger charge is -2.16. The van der Waals surface area contributed by atoms with Gasteiger partial charge in [0.15, 0.2) is 0 Å². The Balaban J connectivity index is 1.68. The van der Waals surface area contributed by atoms with Crippen molar-refractivity contribution >= 4 is 17.5 Å². The number of benzene rings is 2. The van der Waals surface area contributed by atoms with Gasteiger partial charge < -0.3 is 15.3 Å². The van der Waals surface area contributed by atoms with E-state index < -0.39 is 5.82 Å². The molecule has 0 bridgehead atoms. The van der Waals surface area contributed by atoms with Crippen molar-refractivity contribution in [1.29, 1.82) is 0 Å². The SMILES string of the molecule is O=C(NCc1ccc(F)c(CO)c1)c1cccc(N2CCCC2=O)c1. The number of nitrogens with zero attached hydrogens (tertiary/aromatic N) is 1. The first-order valence-electron chi connectivity index (χ1n) is 8.15. The maximum Gasteiger partial charge on any atom is 0.251 e. The van der Waals surface area contributed by atoms with E-state index in [4.69, 9.17) is 5.11 Å². The van der Waals surface area contributed by atoms with Gasteiger partial charge in [-0.2, -0.15) is 0 Å². The lowest BCUT2D eigenvalue weighted by Crippen LogP contribution is -2.25. The summed E-state index contributed by atoms with van der Waals surface area (Å²) in [6.07, 6.45) is 1.36. The highest BCUT2D eigenvalue weighted by Crippen LogP contribution is 2.22. The monoisotopic (exact) mass is 342 g/mol. The Kier molecular flexibility index (Phi) is 5.09. The van der Waals surface area contributed by atoms with E-state index >= 15 is 0 Å². The van der Waals surface area contributed by atoms with Crippen LogP contribution in [0.15, 0.2) is 42.5 Å². The summed E-state index contributed by atoms with van der Waals surface area (Å²) < 4.78 is 13.4. The van der Waals surface area contributed by atoms with Crippen LogP contribution in [-0.4, -0.2) is 23.5 Å². The number of carbonyl (C=O) groups is 2. The van der Waals surface area contributed by atoms with Gasteiger partial charge in [-0.1, -0.05) is 12.1 Å². The lowest BCUT2D eigenvalue weighted by atomic mass is 10.1. The van der Waals surface area contributed by atoms with E-state index in [1.165, 1.54) is 12.1 Å². The molecule has 0 atom stereocenters. The van der Waals surface area contributed by atoms with E-state index in [2.05, 4.69) is 5.32 Å². The third-order valence-corrected chi connectivity index (χ3v) is 4.23. The zero-order chi connectivity index (χ0) is 17.8. The summed E-state index contributed by atoms with van der Waals surface area (Å²) in [6.45, 7) is 0.502. The van der Waals surface area contributed by atoms with Crippen LogP contribution in [0.3, 0.4) is 0 Å². The summed E-state index contributed by atoms with van der Waals surface area (Å²) >= 11 is 0. The molecule has 1 aliphatic rings. The van der Waals surface area contributed by atoms with Crippen LogP contribution >= 0.6 is 0 Å². The predicted molar refractivity (Wildman–Crippen MR) is 91.5 cm³/mol. The largest absolute Gasteiger partial charge is 0.392 e. The van der Waals surface area contributed by atoms with Crippen molar-refractivity contribution in [2.75, 3.05) is 11.4 Å². The van der Waals surface area contributed by atoms with Crippen molar-refractivity contribution < 1.29 is 19.1 Å². The average molecular weight is 342 g/mol. The van der Waals surface area contributed by atoms with Crippen molar-refractivity contribution in [3.05, 3.63) is 65.0 Å². The first kappa shape index (κ1) is 17.1. The van der Waals surface area contributed by atoms with Crippen molar-refractivity contribution in [2.45, 2.75) is 26.0 Å². The van der Waals surface area contributed by atoms with Gasteiger partial charge in [-0.25, -0.2) is 4.39 Å². The molecule has 2 aromatic carbocycles. The highest BCUT2D eigenvalue weighted by Gasteiger charge is 2.22. The van der Waals surface area contributed by atoms with E-state index in [0.717, 1.165) is 12.1 Å². The molecule has 1 saturated heterocycles. The summed E-state index contributed by atoms with van der Waals surface area (Å²) in [5, 5.41) is 11.9. The Morgan fingerprint density at radius 2 is 2.08 bits per heavy atom. The fourth-order valence-electron chi connectivity index (χ4n) is 2.88. The van der Waals surface area contributed by atoms with E-state index in [1.54, 1.807) is 29.2 Å². The minimum Gasteiger partial charge on any atom is -0.392 e. The standard InChI is InChI=1S/C19H19FN2O3/c20-17-7-6-13(9-15(17)12-23)11-21-19(25)14-3-1-4-16(10-14)22-8-2-5-18(22)24/h1,3-4,6-7,9-10,23H,2,5,8,11-12H2,(H,21,25). The molecule has 1 fully saturated rings. The number of halogens is 1. The number of anilines is 1. The summed E-state index contributed by atoms with van der Waals surface area (Å²) in [6, 6.07) is 11.3. The molecule has 0 saturated carbocycles. The van der Waals surface area contributed by atoms with Crippen molar-refractivity contribution in [2.24, 2.45) is 0 Å². The number of aliphatic hydroxyl groups is 1. The van der Waals surface area contributed by atoms with Crippen LogP contribution in [0.5, 0.6) is 0 Å². The molecule has 2 N–H and O–H groups in total. The molecule has 0 spiro atoms. The number of nitrogens with one attached hydrogen (secondary N) is 1. The molecule has 1 aliphatic heterocycles. The van der Waals surface area contributed by atoms with Crippen LogP contribution in [0.1, 0.15) is 34.3 Å². The molecule has 0 radical (unpaired) electrons. The Labute approximate surface area is 145 Å². The van der Waals surface area contributed by atoms with Crippen LogP contribution in [0.4, 0.5) is 10.1 Å². The summed E-state index contributed by atoms with van der Waals surface area (Å²) in [4.78, 5) is 25.9. The zero-order valence-corrected chi connectivity index (χ0v) is 13.7. The molecule has 5 nitrogen and oxygen atoms in total. The minimum absolute atomic E-state index is 0.0698. The number of rotatable bonds is 5.